The van der Waals surface area contributed by atoms with Gasteiger partial charge in [0.05, 0.1) is 33.8 Å². The lowest BCUT2D eigenvalue weighted by Gasteiger charge is -2.14. The molecule has 0 aliphatic rings. The second-order valence-corrected chi connectivity index (χ2v) is 11.9. The molecule has 0 N–H and O–H groups in total. The first-order valence-electron chi connectivity index (χ1n) is 16.1. The van der Waals surface area contributed by atoms with Gasteiger partial charge in [-0.25, -0.2) is 19.9 Å². The lowest BCUT2D eigenvalue weighted by molar-refractivity contribution is 1.18. The number of hydrogen-bond donors (Lipinski definition) is 0. The Morgan fingerprint density at radius 3 is 1.46 bits per heavy atom. The summed E-state index contributed by atoms with van der Waals surface area (Å²) in [6.45, 7) is 0. The Balaban J connectivity index is 1.20. The third-order valence-electron chi connectivity index (χ3n) is 8.89. The first-order valence-corrected chi connectivity index (χ1v) is 16.1. The van der Waals surface area contributed by atoms with Gasteiger partial charge >= 0.3 is 0 Å². The van der Waals surface area contributed by atoms with Crippen LogP contribution in [0.1, 0.15) is 0 Å². The minimum Gasteiger partial charge on any atom is -0.248 e. The van der Waals surface area contributed by atoms with Gasteiger partial charge in [0.15, 0.2) is 5.82 Å². The van der Waals surface area contributed by atoms with Gasteiger partial charge in [-0.05, 0) is 35.7 Å². The van der Waals surface area contributed by atoms with Crippen LogP contribution in [0.5, 0.6) is 0 Å². The summed E-state index contributed by atoms with van der Waals surface area (Å²) in [5.41, 5.74) is 10.7. The van der Waals surface area contributed by atoms with Crippen LogP contribution in [-0.4, -0.2) is 19.9 Å². The molecule has 0 atom stereocenters. The third-order valence-corrected chi connectivity index (χ3v) is 8.89. The molecule has 9 rings (SSSR count). The smallest absolute Gasteiger partial charge is 0.160 e. The van der Waals surface area contributed by atoms with Crippen LogP contribution >= 0.6 is 0 Å². The van der Waals surface area contributed by atoms with Crippen molar-refractivity contribution in [3.05, 3.63) is 170 Å². The molecule has 6 aromatic carbocycles. The Morgan fingerprint density at radius 2 is 0.812 bits per heavy atom. The lowest BCUT2D eigenvalue weighted by Crippen LogP contribution is -1.96. The Morgan fingerprint density at radius 1 is 0.292 bits per heavy atom. The number of nitrogens with zero attached hydrogens (tertiary/aromatic N) is 4. The van der Waals surface area contributed by atoms with Crippen molar-refractivity contribution >= 4 is 32.6 Å². The van der Waals surface area contributed by atoms with Gasteiger partial charge in [-0.15, -0.1) is 0 Å². The van der Waals surface area contributed by atoms with Gasteiger partial charge in [0.2, 0.25) is 0 Å². The zero-order valence-electron chi connectivity index (χ0n) is 26.0. The zero-order chi connectivity index (χ0) is 31.9. The highest BCUT2D eigenvalue weighted by Gasteiger charge is 2.16. The molecule has 3 aromatic heterocycles. The molecule has 0 aliphatic carbocycles. The fourth-order valence-corrected chi connectivity index (χ4v) is 6.50. The summed E-state index contributed by atoms with van der Waals surface area (Å²) in [5, 5.41) is 4.46. The molecule has 3 heterocycles. The van der Waals surface area contributed by atoms with Crippen molar-refractivity contribution in [2.45, 2.75) is 0 Å². The van der Waals surface area contributed by atoms with Gasteiger partial charge in [-0.3, -0.25) is 0 Å². The van der Waals surface area contributed by atoms with E-state index < -0.39 is 0 Å². The normalized spacial score (nSPS) is 11.3. The Labute approximate surface area is 278 Å². The summed E-state index contributed by atoms with van der Waals surface area (Å²) in [5.74, 6) is 0.682. The number of fused-ring (bicyclic) bond motifs is 5. The maximum atomic E-state index is 5.26. The van der Waals surface area contributed by atoms with Crippen LogP contribution in [0.3, 0.4) is 0 Å². The molecule has 48 heavy (non-hydrogen) atoms. The largest absolute Gasteiger partial charge is 0.248 e. The summed E-state index contributed by atoms with van der Waals surface area (Å²) in [6, 6.07) is 58.4. The number of aromatic nitrogens is 4. The SMILES string of the molecule is c1ccc(-c2cc(-c3ccccc3)nc(-c3ccc(-c4nc5ccccc5c5ccc6nc(-c7ccccc7)ccc6c45)cc3)n2)cc1. The van der Waals surface area contributed by atoms with Crippen molar-refractivity contribution < 1.29 is 0 Å². The number of benzene rings is 6. The summed E-state index contributed by atoms with van der Waals surface area (Å²) in [4.78, 5) is 20.4. The molecule has 9 aromatic rings. The second-order valence-electron chi connectivity index (χ2n) is 11.9. The van der Waals surface area contributed by atoms with Crippen LogP contribution in [-0.2, 0) is 0 Å². The van der Waals surface area contributed by atoms with Gasteiger partial charge in [0, 0.05) is 44.0 Å². The van der Waals surface area contributed by atoms with Crippen molar-refractivity contribution in [3.63, 3.8) is 0 Å². The van der Waals surface area contributed by atoms with E-state index in [1.165, 1.54) is 0 Å². The summed E-state index contributed by atoms with van der Waals surface area (Å²) in [6.07, 6.45) is 0. The lowest BCUT2D eigenvalue weighted by atomic mass is 9.95. The van der Waals surface area contributed by atoms with E-state index in [0.29, 0.717) is 5.82 Å². The van der Waals surface area contributed by atoms with Crippen LogP contribution < -0.4 is 0 Å². The number of hydrogen-bond acceptors (Lipinski definition) is 4. The van der Waals surface area contributed by atoms with E-state index in [4.69, 9.17) is 19.9 Å². The average Bonchev–Trinajstić information content (AvgIpc) is 3.18. The molecule has 0 saturated carbocycles. The van der Waals surface area contributed by atoms with E-state index in [-0.39, 0.29) is 0 Å². The Bertz CT molecular complexity index is 2520. The third kappa shape index (κ3) is 4.97. The quantitative estimate of drug-likeness (QED) is 0.181. The minimum atomic E-state index is 0.682. The summed E-state index contributed by atoms with van der Waals surface area (Å²) < 4.78 is 0. The van der Waals surface area contributed by atoms with E-state index in [1.807, 2.05) is 60.7 Å². The van der Waals surface area contributed by atoms with Crippen LogP contribution in [0.15, 0.2) is 170 Å². The molecule has 0 bridgehead atoms. The topological polar surface area (TPSA) is 51.6 Å². The van der Waals surface area contributed by atoms with Crippen LogP contribution in [0.25, 0.3) is 89.0 Å². The maximum Gasteiger partial charge on any atom is 0.160 e. The van der Waals surface area contributed by atoms with Crippen molar-refractivity contribution in [2.24, 2.45) is 0 Å². The number of rotatable bonds is 5. The van der Waals surface area contributed by atoms with Gasteiger partial charge in [0.1, 0.15) is 0 Å². The van der Waals surface area contributed by atoms with E-state index >= 15 is 0 Å². The molecule has 0 saturated heterocycles. The summed E-state index contributed by atoms with van der Waals surface area (Å²) in [7, 11) is 0. The van der Waals surface area contributed by atoms with Gasteiger partial charge in [0.25, 0.3) is 0 Å². The van der Waals surface area contributed by atoms with E-state index in [9.17, 15) is 0 Å². The first kappa shape index (κ1) is 27.8. The zero-order valence-corrected chi connectivity index (χ0v) is 26.0. The number of pyridine rings is 2. The molecule has 224 valence electrons. The monoisotopic (exact) mass is 612 g/mol. The van der Waals surface area contributed by atoms with E-state index in [1.54, 1.807) is 0 Å². The fourth-order valence-electron chi connectivity index (χ4n) is 6.50. The average molecular weight is 613 g/mol. The van der Waals surface area contributed by atoms with Crippen molar-refractivity contribution in [3.8, 4) is 56.4 Å². The van der Waals surface area contributed by atoms with Gasteiger partial charge in [-0.1, -0.05) is 140 Å². The summed E-state index contributed by atoms with van der Waals surface area (Å²) >= 11 is 0. The molecule has 4 heteroatoms. The Hall–Kier alpha value is -6.52. The van der Waals surface area contributed by atoms with Crippen molar-refractivity contribution in [1.82, 2.24) is 19.9 Å². The first-order chi connectivity index (χ1) is 23.8. The van der Waals surface area contributed by atoms with Crippen molar-refractivity contribution in [1.29, 1.82) is 0 Å². The van der Waals surface area contributed by atoms with E-state index in [2.05, 4.69) is 109 Å². The van der Waals surface area contributed by atoms with Crippen molar-refractivity contribution in [2.75, 3.05) is 0 Å². The molecule has 0 radical (unpaired) electrons. The van der Waals surface area contributed by atoms with Crippen LogP contribution in [0.2, 0.25) is 0 Å². The molecule has 0 aliphatic heterocycles. The maximum absolute atomic E-state index is 5.26. The van der Waals surface area contributed by atoms with Gasteiger partial charge < -0.3 is 0 Å². The fraction of sp³-hybridized carbons (Fsp3) is 0. The van der Waals surface area contributed by atoms with Crippen LogP contribution in [0.4, 0.5) is 0 Å². The second kappa shape index (κ2) is 11.7. The molecular weight excluding hydrogens is 585 g/mol. The molecular formula is C44H28N4. The molecule has 4 nitrogen and oxygen atoms in total. The molecule has 0 unspecified atom stereocenters. The predicted molar refractivity (Wildman–Crippen MR) is 197 cm³/mol. The highest BCUT2D eigenvalue weighted by atomic mass is 14.9. The molecule has 0 spiro atoms. The van der Waals surface area contributed by atoms with E-state index in [0.717, 1.165) is 83.2 Å². The van der Waals surface area contributed by atoms with Gasteiger partial charge in [-0.2, -0.15) is 0 Å². The highest BCUT2D eigenvalue weighted by molar-refractivity contribution is 6.20. The standard InChI is InChI=1S/C44H28N4/c1-4-12-29(13-5-1)37-26-25-36-39(45-37)27-24-35-34-18-10-11-19-38(34)46-43(42(35)36)32-20-22-33(23-21-32)44-47-40(30-14-6-2-7-15-30)28-41(48-44)31-16-8-3-9-17-31/h1-28H. The molecule has 0 amide bonds. The highest BCUT2D eigenvalue weighted by Crippen LogP contribution is 2.38. The minimum absolute atomic E-state index is 0.682. The molecule has 0 fully saturated rings. The Kier molecular flexibility index (Phi) is 6.76. The predicted octanol–water partition coefficient (Wildman–Crippen LogP) is 11.1. The number of para-hydroxylation sites is 1. The van der Waals surface area contributed by atoms with Crippen LogP contribution in [0, 0.1) is 0 Å².